The van der Waals surface area contributed by atoms with Gasteiger partial charge in [-0.1, -0.05) is 18.9 Å². The summed E-state index contributed by atoms with van der Waals surface area (Å²) in [5, 5.41) is 10.0. The lowest BCUT2D eigenvalue weighted by Gasteiger charge is -2.11. The summed E-state index contributed by atoms with van der Waals surface area (Å²) in [6.07, 6.45) is 9.72. The van der Waals surface area contributed by atoms with Gasteiger partial charge in [-0.2, -0.15) is 0 Å². The summed E-state index contributed by atoms with van der Waals surface area (Å²) in [4.78, 5) is 20.5. The van der Waals surface area contributed by atoms with Gasteiger partial charge in [0, 0.05) is 27.0 Å². The van der Waals surface area contributed by atoms with Crippen LogP contribution in [0.3, 0.4) is 0 Å². The summed E-state index contributed by atoms with van der Waals surface area (Å²) in [6, 6.07) is 5.75. The van der Waals surface area contributed by atoms with Gasteiger partial charge in [0.05, 0.1) is 0 Å². The van der Waals surface area contributed by atoms with Crippen LogP contribution >= 0.6 is 0 Å². The number of imidazole rings is 1. The predicted molar refractivity (Wildman–Crippen MR) is 81.3 cm³/mol. The van der Waals surface area contributed by atoms with Crippen LogP contribution in [0.2, 0.25) is 0 Å². The van der Waals surface area contributed by atoms with Crippen LogP contribution in [0, 0.1) is 0 Å². The van der Waals surface area contributed by atoms with Gasteiger partial charge < -0.3 is 10.4 Å². The number of carbonyl (C=O) groups excluding carboxylic acids is 1. The molecule has 3 rings (SSSR count). The maximum atomic E-state index is 12.1. The number of aliphatic hydroxyl groups is 1. The van der Waals surface area contributed by atoms with Crippen LogP contribution in [-0.2, 0) is 0 Å². The van der Waals surface area contributed by atoms with E-state index in [9.17, 15) is 4.79 Å². The molecule has 21 heavy (non-hydrogen) atoms. The molecule has 0 aliphatic heterocycles. The number of rotatable bonds is 3. The Hall–Kier alpha value is -2.21. The van der Waals surface area contributed by atoms with E-state index in [0.29, 0.717) is 17.6 Å². The van der Waals surface area contributed by atoms with Crippen LogP contribution in [0.15, 0.2) is 36.9 Å². The summed E-state index contributed by atoms with van der Waals surface area (Å²) >= 11 is 0. The maximum absolute atomic E-state index is 12.1. The Labute approximate surface area is 125 Å². The largest absolute Gasteiger partial charge is 0.400 e. The Morgan fingerprint density at radius 2 is 2.14 bits per heavy atom. The zero-order valence-electron chi connectivity index (χ0n) is 12.1. The Morgan fingerprint density at radius 3 is 2.81 bits per heavy atom. The molecule has 2 aromatic rings. The first-order valence-corrected chi connectivity index (χ1v) is 7.04. The molecule has 0 radical (unpaired) electrons. The van der Waals surface area contributed by atoms with Crippen LogP contribution < -0.4 is 5.32 Å². The second kappa shape index (κ2) is 7.54. The molecule has 0 unspecified atom stereocenters. The van der Waals surface area contributed by atoms with Gasteiger partial charge in [-0.05, 0) is 25.0 Å². The van der Waals surface area contributed by atoms with Crippen molar-refractivity contribution in [2.45, 2.75) is 31.7 Å². The molecule has 0 atom stereocenters. The van der Waals surface area contributed by atoms with E-state index in [2.05, 4.69) is 15.3 Å². The Balaban J connectivity index is 0.000000775. The lowest BCUT2D eigenvalue weighted by atomic mass is 10.2. The third-order valence-corrected chi connectivity index (χ3v) is 3.43. The van der Waals surface area contributed by atoms with Gasteiger partial charge in [-0.15, -0.1) is 0 Å². The van der Waals surface area contributed by atoms with Crippen molar-refractivity contribution in [3.8, 4) is 5.82 Å². The molecular formula is C15H22N4O2. The van der Waals surface area contributed by atoms with Crippen LogP contribution in [0.5, 0.6) is 0 Å². The SMILES string of the molecule is CO.O=C(NC1CCCC1)c1cccc(-n2ccnc2)n1.[HH]. The third kappa shape index (κ3) is 3.88. The van der Waals surface area contributed by atoms with Crippen LogP contribution in [0.1, 0.15) is 37.6 Å². The highest BCUT2D eigenvalue weighted by molar-refractivity contribution is 5.92. The van der Waals surface area contributed by atoms with Gasteiger partial charge in [0.25, 0.3) is 5.91 Å². The molecule has 1 aliphatic carbocycles. The van der Waals surface area contributed by atoms with Crippen molar-refractivity contribution in [1.29, 1.82) is 0 Å². The molecule has 6 nitrogen and oxygen atoms in total. The lowest BCUT2D eigenvalue weighted by molar-refractivity contribution is 0.0933. The zero-order valence-corrected chi connectivity index (χ0v) is 12.1. The molecule has 2 N–H and O–H groups in total. The number of pyridine rings is 1. The number of nitrogens with one attached hydrogen (secondary N) is 1. The minimum atomic E-state index is -0.0890. The molecular weight excluding hydrogens is 268 g/mol. The molecule has 114 valence electrons. The van der Waals surface area contributed by atoms with Gasteiger partial charge in [0.1, 0.15) is 17.8 Å². The molecule has 1 saturated carbocycles. The van der Waals surface area contributed by atoms with E-state index >= 15 is 0 Å². The molecule has 1 fully saturated rings. The fourth-order valence-electron chi connectivity index (χ4n) is 2.42. The molecule has 0 aromatic carbocycles. The number of hydrogen-bond acceptors (Lipinski definition) is 4. The Kier molecular flexibility index (Phi) is 5.45. The van der Waals surface area contributed by atoms with Crippen LogP contribution in [-0.4, -0.2) is 38.7 Å². The Morgan fingerprint density at radius 1 is 1.38 bits per heavy atom. The quantitative estimate of drug-likeness (QED) is 0.903. The van der Waals surface area contributed by atoms with E-state index in [1.165, 1.54) is 12.8 Å². The van der Waals surface area contributed by atoms with Crippen LogP contribution in [0.25, 0.3) is 5.82 Å². The number of nitrogens with zero attached hydrogens (tertiary/aromatic N) is 3. The standard InChI is InChI=1S/C14H16N4O.CH4O.H2/c19-14(16-11-4-1-2-5-11)12-6-3-7-13(17-12)18-9-8-15-10-18;1-2;/h3,6-11H,1-2,4-5H2,(H,16,19);2H,1H3;1H. The number of carbonyl (C=O) groups is 1. The van der Waals surface area contributed by atoms with Crippen molar-refractivity contribution in [3.05, 3.63) is 42.6 Å². The minimum Gasteiger partial charge on any atom is -0.400 e. The minimum absolute atomic E-state index is 0. The number of aliphatic hydroxyl groups excluding tert-OH is 1. The summed E-state index contributed by atoms with van der Waals surface area (Å²) in [5.41, 5.74) is 0.457. The molecule has 1 amide bonds. The first-order valence-electron chi connectivity index (χ1n) is 7.04. The summed E-state index contributed by atoms with van der Waals surface area (Å²) in [7, 11) is 1.00. The fourth-order valence-corrected chi connectivity index (χ4v) is 2.42. The monoisotopic (exact) mass is 290 g/mol. The first kappa shape index (κ1) is 15.2. The molecule has 2 heterocycles. The molecule has 2 aromatic heterocycles. The lowest BCUT2D eigenvalue weighted by Crippen LogP contribution is -2.33. The second-order valence-electron chi connectivity index (χ2n) is 4.81. The van der Waals surface area contributed by atoms with E-state index < -0.39 is 0 Å². The highest BCUT2D eigenvalue weighted by atomic mass is 16.2. The topological polar surface area (TPSA) is 80.0 Å². The van der Waals surface area contributed by atoms with Gasteiger partial charge in [-0.25, -0.2) is 9.97 Å². The van der Waals surface area contributed by atoms with Crippen molar-refractivity contribution >= 4 is 5.91 Å². The molecule has 6 heteroatoms. The van der Waals surface area contributed by atoms with Crippen LogP contribution in [0.4, 0.5) is 0 Å². The van der Waals surface area contributed by atoms with E-state index in [1.807, 2.05) is 12.1 Å². The van der Waals surface area contributed by atoms with Crippen molar-refractivity contribution in [2.75, 3.05) is 7.11 Å². The molecule has 0 bridgehead atoms. The number of aromatic nitrogens is 3. The van der Waals surface area contributed by atoms with Gasteiger partial charge in [-0.3, -0.25) is 9.36 Å². The number of amides is 1. The molecule has 1 aliphatic rings. The maximum Gasteiger partial charge on any atom is 0.270 e. The van der Waals surface area contributed by atoms with E-state index in [1.54, 1.807) is 29.4 Å². The molecule has 0 spiro atoms. The molecule has 0 saturated heterocycles. The van der Waals surface area contributed by atoms with E-state index in [4.69, 9.17) is 5.11 Å². The van der Waals surface area contributed by atoms with Crippen molar-refractivity contribution in [2.24, 2.45) is 0 Å². The first-order chi connectivity index (χ1) is 10.3. The zero-order chi connectivity index (χ0) is 15.1. The second-order valence-corrected chi connectivity index (χ2v) is 4.81. The van der Waals surface area contributed by atoms with Crippen molar-refractivity contribution in [3.63, 3.8) is 0 Å². The Bertz CT molecular complexity index is 569. The smallest absolute Gasteiger partial charge is 0.270 e. The average molecular weight is 290 g/mol. The van der Waals surface area contributed by atoms with E-state index in [-0.39, 0.29) is 7.33 Å². The predicted octanol–water partition coefficient (Wildman–Crippen LogP) is 1.79. The normalized spacial score (nSPS) is 14.4. The van der Waals surface area contributed by atoms with Crippen molar-refractivity contribution in [1.82, 2.24) is 19.9 Å². The highest BCUT2D eigenvalue weighted by Gasteiger charge is 2.18. The summed E-state index contributed by atoms with van der Waals surface area (Å²) < 4.78 is 1.78. The average Bonchev–Trinajstić information content (AvgIpc) is 3.23. The van der Waals surface area contributed by atoms with Gasteiger partial charge >= 0.3 is 0 Å². The van der Waals surface area contributed by atoms with E-state index in [0.717, 1.165) is 20.0 Å². The summed E-state index contributed by atoms with van der Waals surface area (Å²) in [6.45, 7) is 0. The summed E-state index contributed by atoms with van der Waals surface area (Å²) in [5.74, 6) is 0.616. The van der Waals surface area contributed by atoms with Gasteiger partial charge in [0.2, 0.25) is 0 Å². The van der Waals surface area contributed by atoms with Crippen molar-refractivity contribution < 1.29 is 11.3 Å². The third-order valence-electron chi connectivity index (χ3n) is 3.43. The number of hydrogen-bond donors (Lipinski definition) is 2. The fraction of sp³-hybridized carbons (Fsp3) is 0.400. The highest BCUT2D eigenvalue weighted by Crippen LogP contribution is 2.18. The van der Waals surface area contributed by atoms with Gasteiger partial charge in [0.15, 0.2) is 0 Å².